The molecule has 0 fully saturated rings. The second kappa shape index (κ2) is 6.70. The number of ketones is 1. The van der Waals surface area contributed by atoms with Crippen LogP contribution in [-0.2, 0) is 9.53 Å². The smallest absolute Gasteiger partial charge is 0.613 e. The first kappa shape index (κ1) is 13.6. The molecule has 0 saturated carbocycles. The Balaban J connectivity index is 0. The fraction of sp³-hybridized carbons (Fsp3) is 0.571. The van der Waals surface area contributed by atoms with Crippen molar-refractivity contribution in [2.24, 2.45) is 0 Å². The summed E-state index contributed by atoms with van der Waals surface area (Å²) >= 11 is 0. The molecule has 3 nitrogen and oxygen atoms in total. The van der Waals surface area contributed by atoms with Crippen LogP contribution >= 0.6 is 0 Å². The summed E-state index contributed by atoms with van der Waals surface area (Å²) in [5.41, 5.74) is 0.154. The summed E-state index contributed by atoms with van der Waals surface area (Å²) in [6.45, 7) is 4.81. The van der Waals surface area contributed by atoms with Crippen molar-refractivity contribution in [2.45, 2.75) is 20.8 Å². The monoisotopic (exact) mass is 166 g/mol. The predicted molar refractivity (Wildman–Crippen MR) is 35.0 cm³/mol. The van der Waals surface area contributed by atoms with Gasteiger partial charge in [-0.1, -0.05) is 6.92 Å². The van der Waals surface area contributed by atoms with E-state index in [0.29, 0.717) is 6.61 Å². The topological polar surface area (TPSA) is 49.4 Å². The molecule has 0 radical (unpaired) electrons. The van der Waals surface area contributed by atoms with E-state index in [9.17, 15) is 9.90 Å². The fourth-order valence-electron chi connectivity index (χ4n) is 0.383. The van der Waals surface area contributed by atoms with Gasteiger partial charge in [-0.25, -0.2) is 0 Å². The maximum absolute atomic E-state index is 10.7. The number of carbonyl (C=O) groups is 1. The van der Waals surface area contributed by atoms with Crippen molar-refractivity contribution < 1.29 is 44.2 Å². The molecule has 0 saturated heterocycles. The minimum atomic E-state index is -0.519. The third-order valence-electron chi connectivity index (χ3n) is 1.11. The minimum Gasteiger partial charge on any atom is -0.613 e. The van der Waals surface area contributed by atoms with Crippen molar-refractivity contribution >= 4 is 5.78 Å². The van der Waals surface area contributed by atoms with E-state index in [4.69, 9.17) is 0 Å². The maximum Gasteiger partial charge on any atom is 1.00 e. The Hall–Kier alpha value is 0.0100. The molecular formula is C7H11NaO3. The van der Waals surface area contributed by atoms with Crippen molar-refractivity contribution in [1.29, 1.82) is 0 Å². The van der Waals surface area contributed by atoms with Crippen LogP contribution in [-0.4, -0.2) is 12.4 Å². The summed E-state index contributed by atoms with van der Waals surface area (Å²) in [5, 5.41) is 10.7. The van der Waals surface area contributed by atoms with E-state index in [1.807, 2.05) is 0 Å². The third-order valence-corrected chi connectivity index (χ3v) is 1.11. The molecule has 0 atom stereocenters. The number of allylic oxidation sites excluding steroid dienone is 1. The Morgan fingerprint density at radius 2 is 1.91 bits per heavy atom. The van der Waals surface area contributed by atoms with Crippen molar-refractivity contribution in [1.82, 2.24) is 0 Å². The van der Waals surface area contributed by atoms with Crippen LogP contribution in [0, 0.1) is 0 Å². The van der Waals surface area contributed by atoms with Gasteiger partial charge in [0, 0.05) is 5.57 Å². The number of Topliss-reactive ketones (excluding diaryl/α,β-unsaturated/α-hetero) is 1. The molecule has 0 aromatic carbocycles. The molecule has 0 amide bonds. The van der Waals surface area contributed by atoms with E-state index >= 15 is 0 Å². The van der Waals surface area contributed by atoms with Crippen LogP contribution in [0.25, 0.3) is 0 Å². The molecule has 11 heavy (non-hydrogen) atoms. The van der Waals surface area contributed by atoms with E-state index in [-0.39, 0.29) is 40.9 Å². The average Bonchev–Trinajstić information content (AvgIpc) is 1.87. The van der Waals surface area contributed by atoms with Gasteiger partial charge < -0.3 is 9.84 Å². The Morgan fingerprint density at radius 1 is 1.45 bits per heavy atom. The molecule has 0 aromatic heterocycles. The van der Waals surface area contributed by atoms with E-state index in [1.165, 1.54) is 13.8 Å². The molecule has 0 aliphatic rings. The van der Waals surface area contributed by atoms with Crippen LogP contribution in [0.4, 0.5) is 0 Å². The predicted octanol–water partition coefficient (Wildman–Crippen LogP) is -2.79. The third kappa shape index (κ3) is 5.30. The zero-order chi connectivity index (χ0) is 8.15. The molecule has 0 spiro atoms. The molecule has 0 aliphatic carbocycles. The summed E-state index contributed by atoms with van der Waals surface area (Å²) in [7, 11) is 0. The summed E-state index contributed by atoms with van der Waals surface area (Å²) in [5.74, 6) is -0.756. The Labute approximate surface area is 88.7 Å². The minimum absolute atomic E-state index is 0. The van der Waals surface area contributed by atoms with E-state index in [2.05, 4.69) is 4.74 Å². The zero-order valence-corrected chi connectivity index (χ0v) is 9.43. The fourth-order valence-corrected chi connectivity index (χ4v) is 0.383. The molecular weight excluding hydrogens is 155 g/mol. The van der Waals surface area contributed by atoms with Crippen LogP contribution < -0.4 is 34.7 Å². The second-order valence-electron chi connectivity index (χ2n) is 1.90. The van der Waals surface area contributed by atoms with Gasteiger partial charge in [-0.3, -0.25) is 4.79 Å². The molecule has 0 aromatic rings. The molecule has 0 unspecified atom stereocenters. The van der Waals surface area contributed by atoms with Crippen LogP contribution in [0.15, 0.2) is 11.5 Å². The quantitative estimate of drug-likeness (QED) is 0.259. The first-order valence-corrected chi connectivity index (χ1v) is 3.11. The van der Waals surface area contributed by atoms with Gasteiger partial charge in [0.05, 0.1) is 5.95 Å². The van der Waals surface area contributed by atoms with Crippen molar-refractivity contribution in [2.75, 3.05) is 6.61 Å². The van der Waals surface area contributed by atoms with Gasteiger partial charge in [0.1, 0.15) is 0 Å². The zero-order valence-electron chi connectivity index (χ0n) is 7.43. The summed E-state index contributed by atoms with van der Waals surface area (Å²) < 4.78 is 4.57. The SMILES string of the molecule is CCO/C([O-])=C(\C)C(C)=O.[Na+]. The first-order chi connectivity index (χ1) is 4.59. The van der Waals surface area contributed by atoms with Gasteiger partial charge in [-0.05, 0) is 20.5 Å². The number of carbonyl (C=O) groups excluding carboxylic acids is 1. The van der Waals surface area contributed by atoms with E-state index in [1.54, 1.807) is 6.92 Å². The molecule has 58 valence electrons. The summed E-state index contributed by atoms with van der Waals surface area (Å²) in [6, 6.07) is 0. The van der Waals surface area contributed by atoms with E-state index < -0.39 is 5.95 Å². The average molecular weight is 166 g/mol. The Bertz CT molecular complexity index is 163. The maximum atomic E-state index is 10.7. The standard InChI is InChI=1S/C7H12O3.Na/c1-4-10-7(9)5(2)6(3)8;/h9H,4H2,1-3H3;/q;+1/p-1/b7-5+;. The number of hydrogen-bond acceptors (Lipinski definition) is 3. The molecule has 0 aliphatic heterocycles. The van der Waals surface area contributed by atoms with Gasteiger partial charge >= 0.3 is 29.6 Å². The molecule has 0 bridgehead atoms. The molecule has 0 heterocycles. The summed E-state index contributed by atoms with van der Waals surface area (Å²) in [4.78, 5) is 10.5. The number of rotatable bonds is 3. The van der Waals surface area contributed by atoms with Crippen molar-refractivity contribution in [3.05, 3.63) is 11.5 Å². The molecule has 4 heteroatoms. The summed E-state index contributed by atoms with van der Waals surface area (Å²) in [6.07, 6.45) is 0. The number of hydrogen-bond donors (Lipinski definition) is 0. The van der Waals surface area contributed by atoms with Crippen molar-refractivity contribution in [3.8, 4) is 0 Å². The normalized spacial score (nSPS) is 11.2. The van der Waals surface area contributed by atoms with Crippen LogP contribution in [0.1, 0.15) is 20.8 Å². The first-order valence-electron chi connectivity index (χ1n) is 3.11. The van der Waals surface area contributed by atoms with Gasteiger partial charge in [0.25, 0.3) is 0 Å². The van der Waals surface area contributed by atoms with E-state index in [0.717, 1.165) is 0 Å². The largest absolute Gasteiger partial charge is 1.00 e. The Morgan fingerprint density at radius 3 is 2.18 bits per heavy atom. The van der Waals surface area contributed by atoms with Gasteiger partial charge in [0.2, 0.25) is 0 Å². The van der Waals surface area contributed by atoms with Crippen LogP contribution in [0.3, 0.4) is 0 Å². The second-order valence-corrected chi connectivity index (χ2v) is 1.90. The Kier molecular flexibility index (Phi) is 8.28. The van der Waals surface area contributed by atoms with Gasteiger partial charge in [-0.2, -0.15) is 0 Å². The van der Waals surface area contributed by atoms with Gasteiger partial charge in [-0.15, -0.1) is 0 Å². The van der Waals surface area contributed by atoms with Crippen LogP contribution in [0.2, 0.25) is 0 Å². The molecule has 0 N–H and O–H groups in total. The van der Waals surface area contributed by atoms with Crippen molar-refractivity contribution in [3.63, 3.8) is 0 Å². The van der Waals surface area contributed by atoms with Gasteiger partial charge in [0.15, 0.2) is 5.78 Å². The van der Waals surface area contributed by atoms with Crippen LogP contribution in [0.5, 0.6) is 0 Å². The molecule has 0 rings (SSSR count). The number of ether oxygens (including phenoxy) is 1.